The third-order valence-electron chi connectivity index (χ3n) is 2.79. The lowest BCUT2D eigenvalue weighted by Gasteiger charge is -1.98. The predicted octanol–water partition coefficient (Wildman–Crippen LogP) is 0.817. The smallest absolute Gasteiger partial charge is 0.247 e. The topological polar surface area (TPSA) is 107 Å². The van der Waals surface area contributed by atoms with Crippen molar-refractivity contribution in [2.24, 2.45) is 5.84 Å². The van der Waals surface area contributed by atoms with E-state index in [1.165, 1.54) is 0 Å². The molecule has 0 spiro atoms. The number of amides is 1. The van der Waals surface area contributed by atoms with Crippen LogP contribution in [0, 0.1) is 0 Å². The Kier molecular flexibility index (Phi) is 3.10. The summed E-state index contributed by atoms with van der Waals surface area (Å²) in [6.45, 7) is 0. The van der Waals surface area contributed by atoms with Gasteiger partial charge in [-0.05, 0) is 24.3 Å². The molecule has 0 aliphatic rings. The number of carbonyl (C=O) groups is 1. The van der Waals surface area contributed by atoms with Gasteiger partial charge in [-0.3, -0.25) is 15.2 Å². The molecule has 0 saturated heterocycles. The van der Waals surface area contributed by atoms with Crippen LogP contribution in [-0.2, 0) is 11.2 Å². The number of hydrogen-bond donors (Lipinski definition) is 2. The average Bonchev–Trinajstić information content (AvgIpc) is 2.95. The van der Waals surface area contributed by atoms with Crippen LogP contribution in [0.2, 0.25) is 0 Å². The quantitative estimate of drug-likeness (QED) is 0.414. The Morgan fingerprint density at radius 3 is 3.05 bits per heavy atom. The van der Waals surface area contributed by atoms with Crippen LogP contribution in [0.4, 0.5) is 0 Å². The first kappa shape index (κ1) is 12.2. The number of nitrogens with zero attached hydrogens (tertiary/aromatic N) is 3. The Balaban J connectivity index is 1.92. The molecule has 3 N–H and O–H groups in total. The summed E-state index contributed by atoms with van der Waals surface area (Å²) in [6, 6.07) is 9.43. The lowest BCUT2D eigenvalue weighted by atomic mass is 10.1. The highest BCUT2D eigenvalue weighted by atomic mass is 16.4. The second-order valence-corrected chi connectivity index (χ2v) is 4.16. The summed E-state index contributed by atoms with van der Waals surface area (Å²) >= 11 is 0. The molecule has 7 heteroatoms. The Morgan fingerprint density at radius 2 is 2.20 bits per heavy atom. The summed E-state index contributed by atoms with van der Waals surface area (Å²) in [4.78, 5) is 15.4. The summed E-state index contributed by atoms with van der Waals surface area (Å²) < 4.78 is 5.43. The first-order chi connectivity index (χ1) is 9.76. The molecular formula is C13H11N5O2. The number of fused-ring (bicyclic) bond motifs is 1. The van der Waals surface area contributed by atoms with Crippen molar-refractivity contribution >= 4 is 16.8 Å². The number of hydrazine groups is 1. The van der Waals surface area contributed by atoms with Gasteiger partial charge in [0.25, 0.3) is 0 Å². The van der Waals surface area contributed by atoms with Crippen molar-refractivity contribution in [1.29, 1.82) is 0 Å². The molecule has 0 aliphatic heterocycles. The third kappa shape index (κ3) is 2.34. The largest absolute Gasteiger partial charge is 0.420 e. The fraction of sp³-hybridized carbons (Fsp3) is 0.0769. The molecule has 7 nitrogen and oxygen atoms in total. The highest BCUT2D eigenvalue weighted by Gasteiger charge is 2.12. The maximum atomic E-state index is 11.1. The highest BCUT2D eigenvalue weighted by molar-refractivity contribution is 5.82. The summed E-state index contributed by atoms with van der Waals surface area (Å²) in [7, 11) is 0. The average molecular weight is 269 g/mol. The van der Waals surface area contributed by atoms with Crippen molar-refractivity contribution in [1.82, 2.24) is 20.6 Å². The van der Waals surface area contributed by atoms with Crippen LogP contribution in [0.25, 0.3) is 22.4 Å². The molecule has 0 radical (unpaired) electrons. The number of rotatable bonds is 3. The minimum absolute atomic E-state index is 0.0430. The van der Waals surface area contributed by atoms with Crippen LogP contribution in [0.5, 0.6) is 0 Å². The molecule has 0 aliphatic carbocycles. The first-order valence-electron chi connectivity index (χ1n) is 5.93. The zero-order valence-corrected chi connectivity index (χ0v) is 10.4. The highest BCUT2D eigenvalue weighted by Crippen LogP contribution is 2.22. The van der Waals surface area contributed by atoms with E-state index in [1.54, 1.807) is 6.20 Å². The van der Waals surface area contributed by atoms with Gasteiger partial charge in [0, 0.05) is 17.1 Å². The molecule has 0 saturated carbocycles. The van der Waals surface area contributed by atoms with E-state index in [2.05, 4.69) is 15.2 Å². The number of pyridine rings is 1. The molecule has 20 heavy (non-hydrogen) atoms. The van der Waals surface area contributed by atoms with Crippen molar-refractivity contribution in [3.05, 3.63) is 42.4 Å². The Morgan fingerprint density at radius 1 is 1.30 bits per heavy atom. The van der Waals surface area contributed by atoms with Crippen LogP contribution >= 0.6 is 0 Å². The summed E-state index contributed by atoms with van der Waals surface area (Å²) in [5.74, 6) is 5.19. The zero-order chi connectivity index (χ0) is 13.9. The number of aromatic nitrogens is 3. The van der Waals surface area contributed by atoms with E-state index in [9.17, 15) is 4.79 Å². The van der Waals surface area contributed by atoms with Gasteiger partial charge in [0.05, 0.1) is 5.52 Å². The van der Waals surface area contributed by atoms with Gasteiger partial charge < -0.3 is 4.42 Å². The minimum atomic E-state index is -0.386. The second-order valence-electron chi connectivity index (χ2n) is 4.16. The second kappa shape index (κ2) is 5.06. The lowest BCUT2D eigenvalue weighted by Crippen LogP contribution is -2.31. The SMILES string of the molecule is NNC(=O)Cc1nnc(-c2ccc3ncccc3c2)o1. The van der Waals surface area contributed by atoms with Crippen LogP contribution in [-0.4, -0.2) is 21.1 Å². The Hall–Kier alpha value is -2.80. The van der Waals surface area contributed by atoms with Crippen LogP contribution < -0.4 is 11.3 Å². The standard InChI is InChI=1S/C13H11N5O2/c14-16-11(19)7-12-17-18-13(20-12)9-3-4-10-8(6-9)2-1-5-15-10/h1-6H,7,14H2,(H,16,19). The van der Waals surface area contributed by atoms with Gasteiger partial charge in [0.1, 0.15) is 6.42 Å². The molecule has 0 fully saturated rings. The number of hydrogen-bond acceptors (Lipinski definition) is 6. The maximum Gasteiger partial charge on any atom is 0.247 e. The van der Waals surface area contributed by atoms with E-state index < -0.39 is 0 Å². The number of benzene rings is 1. The number of carbonyl (C=O) groups excluding carboxylic acids is 1. The van der Waals surface area contributed by atoms with E-state index in [0.717, 1.165) is 16.5 Å². The molecule has 0 bridgehead atoms. The van der Waals surface area contributed by atoms with Crippen molar-refractivity contribution in [2.75, 3.05) is 0 Å². The van der Waals surface area contributed by atoms with Crippen molar-refractivity contribution in [2.45, 2.75) is 6.42 Å². The van der Waals surface area contributed by atoms with E-state index in [1.807, 2.05) is 35.8 Å². The monoisotopic (exact) mass is 269 g/mol. The molecule has 0 unspecified atom stereocenters. The maximum absolute atomic E-state index is 11.1. The van der Waals surface area contributed by atoms with Gasteiger partial charge >= 0.3 is 0 Å². The molecule has 3 rings (SSSR count). The predicted molar refractivity (Wildman–Crippen MR) is 71.1 cm³/mol. The summed E-state index contributed by atoms with van der Waals surface area (Å²) in [5.41, 5.74) is 3.67. The fourth-order valence-corrected chi connectivity index (χ4v) is 1.84. The Bertz CT molecular complexity index is 768. The molecule has 3 aromatic rings. The zero-order valence-electron chi connectivity index (χ0n) is 10.4. The molecule has 1 aromatic carbocycles. The van der Waals surface area contributed by atoms with E-state index in [4.69, 9.17) is 10.3 Å². The van der Waals surface area contributed by atoms with Crippen LogP contribution in [0.1, 0.15) is 5.89 Å². The molecule has 0 atom stereocenters. The van der Waals surface area contributed by atoms with Crippen molar-refractivity contribution < 1.29 is 9.21 Å². The van der Waals surface area contributed by atoms with E-state index >= 15 is 0 Å². The van der Waals surface area contributed by atoms with Crippen molar-refractivity contribution in [3.8, 4) is 11.5 Å². The summed E-state index contributed by atoms with van der Waals surface area (Å²) in [6.07, 6.45) is 1.69. The fourth-order valence-electron chi connectivity index (χ4n) is 1.84. The van der Waals surface area contributed by atoms with Crippen LogP contribution in [0.15, 0.2) is 40.9 Å². The lowest BCUT2D eigenvalue weighted by molar-refractivity contribution is -0.120. The molecule has 2 aromatic heterocycles. The van der Waals surface area contributed by atoms with Gasteiger partial charge in [0.2, 0.25) is 17.7 Å². The van der Waals surface area contributed by atoms with Gasteiger partial charge in [-0.25, -0.2) is 5.84 Å². The van der Waals surface area contributed by atoms with Gasteiger partial charge in [-0.1, -0.05) is 6.07 Å². The van der Waals surface area contributed by atoms with Gasteiger partial charge in [-0.15, -0.1) is 10.2 Å². The van der Waals surface area contributed by atoms with Crippen molar-refractivity contribution in [3.63, 3.8) is 0 Å². The first-order valence-corrected chi connectivity index (χ1v) is 5.93. The molecule has 1 amide bonds. The number of nitrogens with one attached hydrogen (secondary N) is 1. The Labute approximate surface area is 113 Å². The molecular weight excluding hydrogens is 258 g/mol. The minimum Gasteiger partial charge on any atom is -0.420 e. The third-order valence-corrected chi connectivity index (χ3v) is 2.79. The molecule has 100 valence electrons. The van der Waals surface area contributed by atoms with E-state index in [0.29, 0.717) is 5.89 Å². The normalized spacial score (nSPS) is 10.7. The number of nitrogens with two attached hydrogens (primary N) is 1. The van der Waals surface area contributed by atoms with Gasteiger partial charge in [0.15, 0.2) is 0 Å². The van der Waals surface area contributed by atoms with Gasteiger partial charge in [-0.2, -0.15) is 0 Å². The van der Waals surface area contributed by atoms with Crippen LogP contribution in [0.3, 0.4) is 0 Å². The summed E-state index contributed by atoms with van der Waals surface area (Å²) in [5, 5.41) is 8.71. The van der Waals surface area contributed by atoms with E-state index in [-0.39, 0.29) is 18.2 Å². The molecule has 2 heterocycles.